The Morgan fingerprint density at radius 3 is 2.88 bits per heavy atom. The molecule has 0 amide bonds. The molecule has 0 spiro atoms. The van der Waals surface area contributed by atoms with E-state index in [4.69, 9.17) is 4.74 Å². The number of nitrogens with one attached hydrogen (secondary N) is 1. The Labute approximate surface area is 105 Å². The minimum atomic E-state index is 0.821. The standard InChI is InChI=1S/C12H15N3OS/c1-4-13-12-11(14-17-15-12)9-7-8(2)5-6-10(9)16-3/h5-7H,4H2,1-3H3,(H,13,15). The zero-order valence-corrected chi connectivity index (χ0v) is 11.0. The zero-order valence-electron chi connectivity index (χ0n) is 10.2. The number of anilines is 1. The molecule has 2 aromatic rings. The Morgan fingerprint density at radius 2 is 2.18 bits per heavy atom. The van der Waals surface area contributed by atoms with Gasteiger partial charge in [-0.3, -0.25) is 0 Å². The van der Waals surface area contributed by atoms with E-state index in [2.05, 4.69) is 27.1 Å². The van der Waals surface area contributed by atoms with Crippen molar-refractivity contribution >= 4 is 17.5 Å². The third-order valence-electron chi connectivity index (χ3n) is 2.44. The highest BCUT2D eigenvalue weighted by Gasteiger charge is 2.14. The van der Waals surface area contributed by atoms with Gasteiger partial charge in [0.25, 0.3) is 0 Å². The van der Waals surface area contributed by atoms with Crippen LogP contribution in [-0.4, -0.2) is 22.4 Å². The molecule has 0 fully saturated rings. The predicted octanol–water partition coefficient (Wildman–Crippen LogP) is 2.95. The number of methoxy groups -OCH3 is 1. The first kappa shape index (κ1) is 11.9. The second-order valence-electron chi connectivity index (χ2n) is 3.70. The van der Waals surface area contributed by atoms with E-state index in [1.54, 1.807) is 7.11 Å². The largest absolute Gasteiger partial charge is 0.496 e. The quantitative estimate of drug-likeness (QED) is 0.905. The number of hydrogen-bond acceptors (Lipinski definition) is 5. The molecule has 5 heteroatoms. The van der Waals surface area contributed by atoms with E-state index in [9.17, 15) is 0 Å². The molecule has 1 N–H and O–H groups in total. The average molecular weight is 249 g/mol. The molecule has 1 aromatic heterocycles. The van der Waals surface area contributed by atoms with Gasteiger partial charge in [0, 0.05) is 12.1 Å². The van der Waals surface area contributed by atoms with E-state index >= 15 is 0 Å². The van der Waals surface area contributed by atoms with Crippen LogP contribution in [0, 0.1) is 6.92 Å². The summed E-state index contributed by atoms with van der Waals surface area (Å²) in [5.41, 5.74) is 3.02. The Bertz CT molecular complexity index is 510. The van der Waals surface area contributed by atoms with Crippen molar-refractivity contribution in [1.82, 2.24) is 8.75 Å². The monoisotopic (exact) mass is 249 g/mol. The van der Waals surface area contributed by atoms with E-state index in [0.717, 1.165) is 29.4 Å². The second kappa shape index (κ2) is 5.14. The van der Waals surface area contributed by atoms with Gasteiger partial charge in [-0.1, -0.05) is 11.6 Å². The van der Waals surface area contributed by atoms with Crippen molar-refractivity contribution in [3.8, 4) is 17.0 Å². The number of benzene rings is 1. The van der Waals surface area contributed by atoms with Gasteiger partial charge in [-0.25, -0.2) is 0 Å². The molecule has 17 heavy (non-hydrogen) atoms. The fourth-order valence-corrected chi connectivity index (χ4v) is 2.20. The van der Waals surface area contributed by atoms with Gasteiger partial charge < -0.3 is 10.1 Å². The summed E-state index contributed by atoms with van der Waals surface area (Å²) in [6.07, 6.45) is 0. The third-order valence-corrected chi connectivity index (χ3v) is 2.97. The summed E-state index contributed by atoms with van der Waals surface area (Å²) in [5.74, 6) is 1.64. The highest BCUT2D eigenvalue weighted by atomic mass is 32.1. The van der Waals surface area contributed by atoms with Gasteiger partial charge in [0.2, 0.25) is 0 Å². The topological polar surface area (TPSA) is 47.0 Å². The van der Waals surface area contributed by atoms with Crippen LogP contribution in [0.1, 0.15) is 12.5 Å². The van der Waals surface area contributed by atoms with Crippen molar-refractivity contribution in [2.24, 2.45) is 0 Å². The number of rotatable bonds is 4. The number of hydrogen-bond donors (Lipinski definition) is 1. The minimum Gasteiger partial charge on any atom is -0.496 e. The van der Waals surface area contributed by atoms with Crippen LogP contribution < -0.4 is 10.1 Å². The molecule has 0 radical (unpaired) electrons. The van der Waals surface area contributed by atoms with Crippen LogP contribution in [0.15, 0.2) is 18.2 Å². The minimum absolute atomic E-state index is 0.821. The van der Waals surface area contributed by atoms with Gasteiger partial charge in [-0.05, 0) is 26.0 Å². The Hall–Kier alpha value is -1.62. The summed E-state index contributed by atoms with van der Waals surface area (Å²) in [6.45, 7) is 4.92. The molecule has 0 saturated carbocycles. The molecule has 1 heterocycles. The van der Waals surface area contributed by atoms with Crippen LogP contribution in [-0.2, 0) is 0 Å². The normalized spacial score (nSPS) is 10.3. The molecular formula is C12H15N3OS. The summed E-state index contributed by atoms with van der Waals surface area (Å²) in [6, 6.07) is 6.05. The summed E-state index contributed by atoms with van der Waals surface area (Å²) in [5, 5.41) is 3.21. The highest BCUT2D eigenvalue weighted by molar-refractivity contribution is 6.99. The lowest BCUT2D eigenvalue weighted by atomic mass is 10.1. The van der Waals surface area contributed by atoms with Crippen LogP contribution in [0.25, 0.3) is 11.3 Å². The number of nitrogens with zero attached hydrogens (tertiary/aromatic N) is 2. The molecule has 0 bridgehead atoms. The van der Waals surface area contributed by atoms with Gasteiger partial charge in [0.15, 0.2) is 5.82 Å². The van der Waals surface area contributed by atoms with Crippen molar-refractivity contribution in [2.45, 2.75) is 13.8 Å². The molecular weight excluding hydrogens is 234 g/mol. The third kappa shape index (κ3) is 2.39. The smallest absolute Gasteiger partial charge is 0.168 e. The van der Waals surface area contributed by atoms with Crippen molar-refractivity contribution in [3.05, 3.63) is 23.8 Å². The van der Waals surface area contributed by atoms with Crippen molar-refractivity contribution in [2.75, 3.05) is 19.0 Å². The molecule has 1 aromatic carbocycles. The molecule has 0 aliphatic rings. The van der Waals surface area contributed by atoms with Gasteiger partial charge in [-0.15, -0.1) is 0 Å². The molecule has 4 nitrogen and oxygen atoms in total. The summed E-state index contributed by atoms with van der Waals surface area (Å²) in [4.78, 5) is 0. The van der Waals surface area contributed by atoms with Crippen LogP contribution in [0.5, 0.6) is 5.75 Å². The SMILES string of the molecule is CCNc1nsnc1-c1cc(C)ccc1OC. The van der Waals surface area contributed by atoms with Gasteiger partial charge in [0.05, 0.1) is 18.8 Å². The lowest BCUT2D eigenvalue weighted by molar-refractivity contribution is 0.416. The van der Waals surface area contributed by atoms with E-state index in [1.165, 1.54) is 17.3 Å². The molecule has 90 valence electrons. The van der Waals surface area contributed by atoms with Gasteiger partial charge in [0.1, 0.15) is 11.4 Å². The highest BCUT2D eigenvalue weighted by Crippen LogP contribution is 2.34. The first-order valence-electron chi connectivity index (χ1n) is 5.47. The number of aromatic nitrogens is 2. The summed E-state index contributed by atoms with van der Waals surface area (Å²) >= 11 is 1.21. The van der Waals surface area contributed by atoms with Crippen LogP contribution in [0.3, 0.4) is 0 Å². The summed E-state index contributed by atoms with van der Waals surface area (Å²) < 4.78 is 14.0. The van der Waals surface area contributed by atoms with Gasteiger partial charge >= 0.3 is 0 Å². The lowest BCUT2D eigenvalue weighted by Crippen LogP contribution is -1.99. The van der Waals surface area contributed by atoms with Crippen LogP contribution >= 0.6 is 11.7 Å². The number of ether oxygens (including phenoxy) is 1. The lowest BCUT2D eigenvalue weighted by Gasteiger charge is -2.08. The van der Waals surface area contributed by atoms with Crippen molar-refractivity contribution in [3.63, 3.8) is 0 Å². The van der Waals surface area contributed by atoms with Crippen molar-refractivity contribution in [1.29, 1.82) is 0 Å². The summed E-state index contributed by atoms with van der Waals surface area (Å²) in [7, 11) is 1.67. The van der Waals surface area contributed by atoms with E-state index in [-0.39, 0.29) is 0 Å². The van der Waals surface area contributed by atoms with E-state index < -0.39 is 0 Å². The van der Waals surface area contributed by atoms with E-state index in [1.807, 2.05) is 19.1 Å². The van der Waals surface area contributed by atoms with Gasteiger partial charge in [-0.2, -0.15) is 8.75 Å². The Kier molecular flexibility index (Phi) is 3.58. The first-order chi connectivity index (χ1) is 8.26. The van der Waals surface area contributed by atoms with Crippen molar-refractivity contribution < 1.29 is 4.74 Å². The molecule has 2 rings (SSSR count). The second-order valence-corrected chi connectivity index (χ2v) is 4.22. The van der Waals surface area contributed by atoms with Crippen LogP contribution in [0.4, 0.5) is 5.82 Å². The fourth-order valence-electron chi connectivity index (χ4n) is 1.66. The average Bonchev–Trinajstić information content (AvgIpc) is 2.77. The molecule has 0 aliphatic carbocycles. The molecule has 0 aliphatic heterocycles. The maximum absolute atomic E-state index is 5.37. The fraction of sp³-hybridized carbons (Fsp3) is 0.333. The maximum atomic E-state index is 5.37. The number of aryl methyl sites for hydroxylation is 1. The molecule has 0 saturated heterocycles. The Morgan fingerprint density at radius 1 is 1.35 bits per heavy atom. The molecule has 0 atom stereocenters. The maximum Gasteiger partial charge on any atom is 0.168 e. The first-order valence-corrected chi connectivity index (χ1v) is 6.20. The zero-order chi connectivity index (χ0) is 12.3. The van der Waals surface area contributed by atoms with Crippen LogP contribution in [0.2, 0.25) is 0 Å². The van der Waals surface area contributed by atoms with E-state index in [0.29, 0.717) is 0 Å². The predicted molar refractivity (Wildman–Crippen MR) is 70.8 cm³/mol. The molecule has 0 unspecified atom stereocenters. The Balaban J connectivity index is 2.51.